The average Bonchev–Trinajstić information content (AvgIpc) is 2.85. The lowest BCUT2D eigenvalue weighted by atomic mass is 9.98. The number of hydrogen-bond acceptors (Lipinski definition) is 3. The first-order chi connectivity index (χ1) is 8.13. The average molecular weight is 237 g/mol. The van der Waals surface area contributed by atoms with Crippen LogP contribution in [0.15, 0.2) is 12.1 Å². The fraction of sp³-hybridized carbons (Fsp3) is 0.462. The third kappa shape index (κ3) is 2.31. The Morgan fingerprint density at radius 1 is 1.53 bits per heavy atom. The quantitative estimate of drug-likeness (QED) is 0.802. The molecule has 0 radical (unpaired) electrons. The van der Waals surface area contributed by atoms with E-state index in [0.29, 0.717) is 11.1 Å². The van der Waals surface area contributed by atoms with Crippen molar-refractivity contribution < 1.29 is 13.9 Å². The van der Waals surface area contributed by atoms with Gasteiger partial charge in [-0.3, -0.25) is 0 Å². The van der Waals surface area contributed by atoms with Gasteiger partial charge in [-0.25, -0.2) is 9.18 Å². The standard InChI is InChI=1S/C13H16FNO2/c1-8-10(13(16)17-2)6-9(7-11(8)14)12-4-3-5-15-12/h6-7,12,15H,3-5H2,1-2H3. The van der Waals surface area contributed by atoms with Crippen molar-refractivity contribution in [3.8, 4) is 0 Å². The summed E-state index contributed by atoms with van der Waals surface area (Å²) in [5.74, 6) is -0.835. The maximum Gasteiger partial charge on any atom is 0.338 e. The van der Waals surface area contributed by atoms with Crippen LogP contribution in [0.3, 0.4) is 0 Å². The van der Waals surface area contributed by atoms with Crippen LogP contribution in [0.2, 0.25) is 0 Å². The van der Waals surface area contributed by atoms with Crippen molar-refractivity contribution >= 4 is 5.97 Å². The van der Waals surface area contributed by atoms with Crippen LogP contribution < -0.4 is 5.32 Å². The summed E-state index contributed by atoms with van der Waals surface area (Å²) in [7, 11) is 1.31. The maximum atomic E-state index is 13.8. The molecule has 1 aromatic rings. The minimum absolute atomic E-state index is 0.147. The highest BCUT2D eigenvalue weighted by atomic mass is 19.1. The van der Waals surface area contributed by atoms with Crippen LogP contribution in [0.25, 0.3) is 0 Å². The highest BCUT2D eigenvalue weighted by molar-refractivity contribution is 5.91. The van der Waals surface area contributed by atoms with Crippen molar-refractivity contribution in [1.29, 1.82) is 0 Å². The van der Waals surface area contributed by atoms with Gasteiger partial charge in [0.1, 0.15) is 5.82 Å². The number of nitrogens with one attached hydrogen (secondary N) is 1. The molecule has 17 heavy (non-hydrogen) atoms. The number of carbonyl (C=O) groups excluding carboxylic acids is 1. The molecule has 4 heteroatoms. The van der Waals surface area contributed by atoms with Crippen LogP contribution in [0.5, 0.6) is 0 Å². The molecule has 0 spiro atoms. The molecule has 92 valence electrons. The molecule has 1 fully saturated rings. The molecule has 2 rings (SSSR count). The van der Waals surface area contributed by atoms with E-state index >= 15 is 0 Å². The van der Waals surface area contributed by atoms with Gasteiger partial charge < -0.3 is 10.1 Å². The molecule has 1 N–H and O–H groups in total. The Balaban J connectivity index is 2.41. The number of benzene rings is 1. The van der Waals surface area contributed by atoms with E-state index in [1.54, 1.807) is 13.0 Å². The number of ether oxygens (including phenoxy) is 1. The Morgan fingerprint density at radius 3 is 2.88 bits per heavy atom. The van der Waals surface area contributed by atoms with E-state index in [1.165, 1.54) is 13.2 Å². The first-order valence-electron chi connectivity index (χ1n) is 5.75. The Labute approximate surface area is 100.0 Å². The smallest absolute Gasteiger partial charge is 0.338 e. The maximum absolute atomic E-state index is 13.8. The van der Waals surface area contributed by atoms with Crippen molar-refractivity contribution in [3.05, 3.63) is 34.6 Å². The van der Waals surface area contributed by atoms with Crippen molar-refractivity contribution in [2.45, 2.75) is 25.8 Å². The lowest BCUT2D eigenvalue weighted by molar-refractivity contribution is 0.0599. The molecule has 0 bridgehead atoms. The minimum Gasteiger partial charge on any atom is -0.465 e. The second kappa shape index (κ2) is 4.84. The fourth-order valence-corrected chi connectivity index (χ4v) is 2.19. The second-order valence-electron chi connectivity index (χ2n) is 4.32. The van der Waals surface area contributed by atoms with E-state index in [4.69, 9.17) is 0 Å². The van der Waals surface area contributed by atoms with Crippen molar-refractivity contribution in [1.82, 2.24) is 5.32 Å². The molecular formula is C13H16FNO2. The number of hydrogen-bond donors (Lipinski definition) is 1. The van der Waals surface area contributed by atoms with Gasteiger partial charge in [0.25, 0.3) is 0 Å². The summed E-state index contributed by atoms with van der Waals surface area (Å²) < 4.78 is 18.4. The molecule has 1 aliphatic heterocycles. The molecule has 0 amide bonds. The van der Waals surface area contributed by atoms with Gasteiger partial charge in [-0.15, -0.1) is 0 Å². The van der Waals surface area contributed by atoms with Crippen LogP contribution in [-0.2, 0) is 4.74 Å². The highest BCUT2D eigenvalue weighted by Gasteiger charge is 2.21. The van der Waals surface area contributed by atoms with E-state index in [2.05, 4.69) is 10.1 Å². The Bertz CT molecular complexity index is 439. The summed E-state index contributed by atoms with van der Waals surface area (Å²) in [6.07, 6.45) is 2.05. The van der Waals surface area contributed by atoms with Crippen LogP contribution in [0.1, 0.15) is 40.4 Å². The molecule has 3 nitrogen and oxygen atoms in total. The molecule has 1 aliphatic rings. The van der Waals surface area contributed by atoms with E-state index in [1.807, 2.05) is 0 Å². The monoisotopic (exact) mass is 237 g/mol. The molecule has 1 saturated heterocycles. The van der Waals surface area contributed by atoms with E-state index in [-0.39, 0.29) is 11.9 Å². The number of esters is 1. The van der Waals surface area contributed by atoms with Gasteiger partial charge >= 0.3 is 5.97 Å². The third-order valence-corrected chi connectivity index (χ3v) is 3.23. The Morgan fingerprint density at radius 2 is 2.29 bits per heavy atom. The highest BCUT2D eigenvalue weighted by Crippen LogP contribution is 2.26. The summed E-state index contributed by atoms with van der Waals surface area (Å²) in [6.45, 7) is 2.53. The van der Waals surface area contributed by atoms with Gasteiger partial charge in [0.2, 0.25) is 0 Å². The van der Waals surface area contributed by atoms with Gasteiger partial charge in [-0.1, -0.05) is 0 Å². The van der Waals surface area contributed by atoms with Gasteiger partial charge in [0, 0.05) is 6.04 Å². The topological polar surface area (TPSA) is 38.3 Å². The number of carbonyl (C=O) groups is 1. The Hall–Kier alpha value is -1.42. The first kappa shape index (κ1) is 12.0. The normalized spacial score (nSPS) is 19.4. The van der Waals surface area contributed by atoms with Gasteiger partial charge in [-0.2, -0.15) is 0 Å². The van der Waals surface area contributed by atoms with Gasteiger partial charge in [-0.05, 0) is 49.6 Å². The number of rotatable bonds is 2. The first-order valence-corrected chi connectivity index (χ1v) is 5.75. The van der Waals surface area contributed by atoms with Gasteiger partial charge in [0.15, 0.2) is 0 Å². The van der Waals surface area contributed by atoms with Crippen molar-refractivity contribution in [2.75, 3.05) is 13.7 Å². The second-order valence-corrected chi connectivity index (χ2v) is 4.32. The Kier molecular flexibility index (Phi) is 3.43. The van der Waals surface area contributed by atoms with Crippen molar-refractivity contribution in [2.24, 2.45) is 0 Å². The largest absolute Gasteiger partial charge is 0.465 e. The number of methoxy groups -OCH3 is 1. The number of halogens is 1. The summed E-state index contributed by atoms with van der Waals surface area (Å²) in [5, 5.41) is 3.28. The molecule has 0 saturated carbocycles. The summed E-state index contributed by atoms with van der Waals surface area (Å²) >= 11 is 0. The molecule has 1 atom stereocenters. The van der Waals surface area contributed by atoms with E-state index in [9.17, 15) is 9.18 Å². The minimum atomic E-state index is -0.485. The molecule has 0 aromatic heterocycles. The summed E-state index contributed by atoms with van der Waals surface area (Å²) in [5.41, 5.74) is 1.49. The zero-order chi connectivity index (χ0) is 12.4. The SMILES string of the molecule is COC(=O)c1cc(C2CCCN2)cc(F)c1C. The van der Waals surface area contributed by atoms with Crippen LogP contribution in [-0.4, -0.2) is 19.6 Å². The van der Waals surface area contributed by atoms with Gasteiger partial charge in [0.05, 0.1) is 12.7 Å². The molecule has 1 heterocycles. The lowest BCUT2D eigenvalue weighted by Crippen LogP contribution is -2.15. The third-order valence-electron chi connectivity index (χ3n) is 3.23. The molecule has 0 aliphatic carbocycles. The van der Waals surface area contributed by atoms with Crippen LogP contribution >= 0.6 is 0 Å². The van der Waals surface area contributed by atoms with Crippen LogP contribution in [0.4, 0.5) is 4.39 Å². The van der Waals surface area contributed by atoms with Crippen molar-refractivity contribution in [3.63, 3.8) is 0 Å². The van der Waals surface area contributed by atoms with E-state index in [0.717, 1.165) is 24.9 Å². The summed E-state index contributed by atoms with van der Waals surface area (Å²) in [6, 6.07) is 3.38. The summed E-state index contributed by atoms with van der Waals surface area (Å²) in [4.78, 5) is 11.5. The molecular weight excluding hydrogens is 221 g/mol. The predicted molar refractivity (Wildman–Crippen MR) is 62.5 cm³/mol. The molecule has 1 unspecified atom stereocenters. The van der Waals surface area contributed by atoms with E-state index < -0.39 is 5.97 Å². The fourth-order valence-electron chi connectivity index (χ4n) is 2.19. The van der Waals surface area contributed by atoms with Crippen LogP contribution in [0, 0.1) is 12.7 Å². The zero-order valence-corrected chi connectivity index (χ0v) is 10.0. The predicted octanol–water partition coefficient (Wildman–Crippen LogP) is 2.35. The zero-order valence-electron chi connectivity index (χ0n) is 10.0. The molecule has 1 aromatic carbocycles. The lowest BCUT2D eigenvalue weighted by Gasteiger charge is -2.14.